The predicted molar refractivity (Wildman–Crippen MR) is 131 cm³/mol. The van der Waals surface area contributed by atoms with Gasteiger partial charge in [0, 0.05) is 5.92 Å². The van der Waals surface area contributed by atoms with Crippen LogP contribution in [-0.2, 0) is 20.9 Å². The molecule has 0 fully saturated rings. The van der Waals surface area contributed by atoms with Gasteiger partial charge < -0.3 is 14.8 Å². The molecule has 6 heteroatoms. The van der Waals surface area contributed by atoms with Crippen LogP contribution in [0, 0.1) is 0 Å². The first-order chi connectivity index (χ1) is 16.2. The Hall–Kier alpha value is -3.25. The Balaban J connectivity index is 1.37. The van der Waals surface area contributed by atoms with E-state index < -0.39 is 18.1 Å². The fraction of sp³-hybridized carbons (Fsp3) is 0.259. The number of esters is 1. The van der Waals surface area contributed by atoms with Gasteiger partial charge in [-0.05, 0) is 46.2 Å². The van der Waals surface area contributed by atoms with Gasteiger partial charge in [-0.3, -0.25) is 0 Å². The SMILES string of the molecule is CSCC[C@H](NC(=O)OCC1c2ccccc2-c2ccccc21)C(=O)OCc1ccccc1. The van der Waals surface area contributed by atoms with Crippen LogP contribution in [0.2, 0.25) is 0 Å². The Kier molecular flexibility index (Phi) is 7.68. The molecule has 3 aromatic rings. The molecule has 0 bridgehead atoms. The van der Waals surface area contributed by atoms with Crippen LogP contribution in [0.5, 0.6) is 0 Å². The summed E-state index contributed by atoms with van der Waals surface area (Å²) in [6.45, 7) is 0.371. The van der Waals surface area contributed by atoms with Crippen molar-refractivity contribution in [2.45, 2.75) is 25.0 Å². The van der Waals surface area contributed by atoms with Crippen molar-refractivity contribution in [3.63, 3.8) is 0 Å². The Morgan fingerprint density at radius 2 is 1.48 bits per heavy atom. The molecule has 170 valence electrons. The van der Waals surface area contributed by atoms with Gasteiger partial charge in [0.1, 0.15) is 19.3 Å². The summed E-state index contributed by atoms with van der Waals surface area (Å²) in [5.74, 6) is 0.230. The predicted octanol–water partition coefficient (Wildman–Crippen LogP) is 5.39. The average Bonchev–Trinajstić information content (AvgIpc) is 3.18. The first-order valence-electron chi connectivity index (χ1n) is 11.0. The average molecular weight is 462 g/mol. The summed E-state index contributed by atoms with van der Waals surface area (Å²) >= 11 is 1.61. The summed E-state index contributed by atoms with van der Waals surface area (Å²) < 4.78 is 11.0. The highest BCUT2D eigenvalue weighted by Crippen LogP contribution is 2.44. The molecule has 1 amide bonds. The van der Waals surface area contributed by atoms with Crippen LogP contribution in [0.1, 0.15) is 29.0 Å². The quantitative estimate of drug-likeness (QED) is 0.433. The number of alkyl carbamates (subject to hydrolysis) is 1. The number of thioether (sulfide) groups is 1. The molecule has 0 saturated heterocycles. The van der Waals surface area contributed by atoms with Crippen molar-refractivity contribution in [2.75, 3.05) is 18.6 Å². The van der Waals surface area contributed by atoms with Crippen molar-refractivity contribution in [2.24, 2.45) is 0 Å². The van der Waals surface area contributed by atoms with Gasteiger partial charge in [-0.2, -0.15) is 11.8 Å². The molecule has 0 heterocycles. The Labute approximate surface area is 198 Å². The number of hydrogen-bond donors (Lipinski definition) is 1. The maximum atomic E-state index is 12.6. The van der Waals surface area contributed by atoms with Crippen molar-refractivity contribution in [1.29, 1.82) is 0 Å². The molecular formula is C27H27NO4S. The highest BCUT2D eigenvalue weighted by Gasteiger charge is 2.30. The summed E-state index contributed by atoms with van der Waals surface area (Å²) in [6, 6.07) is 25.1. The molecule has 1 aliphatic rings. The molecule has 1 N–H and O–H groups in total. The molecule has 0 saturated carbocycles. The fourth-order valence-corrected chi connectivity index (χ4v) is 4.57. The molecule has 0 aromatic heterocycles. The third kappa shape index (κ3) is 5.57. The highest BCUT2D eigenvalue weighted by atomic mass is 32.2. The van der Waals surface area contributed by atoms with E-state index in [1.165, 1.54) is 11.1 Å². The molecule has 3 aromatic carbocycles. The number of fused-ring (bicyclic) bond motifs is 3. The molecule has 5 nitrogen and oxygen atoms in total. The lowest BCUT2D eigenvalue weighted by Crippen LogP contribution is -2.42. The largest absolute Gasteiger partial charge is 0.459 e. The number of carbonyl (C=O) groups excluding carboxylic acids is 2. The minimum absolute atomic E-state index is 0.0298. The second-order valence-electron chi connectivity index (χ2n) is 7.90. The first kappa shape index (κ1) is 22.9. The number of nitrogens with one attached hydrogen (secondary N) is 1. The highest BCUT2D eigenvalue weighted by molar-refractivity contribution is 7.98. The first-order valence-corrected chi connectivity index (χ1v) is 12.4. The van der Waals surface area contributed by atoms with Crippen molar-refractivity contribution >= 4 is 23.8 Å². The van der Waals surface area contributed by atoms with Gasteiger partial charge in [-0.1, -0.05) is 78.9 Å². The lowest BCUT2D eigenvalue weighted by Gasteiger charge is -2.19. The topological polar surface area (TPSA) is 64.6 Å². The van der Waals surface area contributed by atoms with Crippen molar-refractivity contribution in [3.05, 3.63) is 95.6 Å². The van der Waals surface area contributed by atoms with Crippen LogP contribution in [0.3, 0.4) is 0 Å². The lowest BCUT2D eigenvalue weighted by molar-refractivity contribution is -0.147. The smallest absolute Gasteiger partial charge is 0.407 e. The van der Waals surface area contributed by atoms with Crippen LogP contribution in [-0.4, -0.2) is 36.7 Å². The second kappa shape index (κ2) is 11.1. The van der Waals surface area contributed by atoms with Gasteiger partial charge in [0.05, 0.1) is 0 Å². The van der Waals surface area contributed by atoms with Crippen LogP contribution in [0.25, 0.3) is 11.1 Å². The van der Waals surface area contributed by atoms with E-state index >= 15 is 0 Å². The molecule has 0 radical (unpaired) electrons. The number of amides is 1. The third-order valence-corrected chi connectivity index (χ3v) is 6.40. The van der Waals surface area contributed by atoms with Crippen LogP contribution in [0.15, 0.2) is 78.9 Å². The van der Waals surface area contributed by atoms with Gasteiger partial charge >= 0.3 is 12.1 Å². The van der Waals surface area contributed by atoms with E-state index in [1.54, 1.807) is 11.8 Å². The maximum absolute atomic E-state index is 12.6. The minimum atomic E-state index is -0.753. The minimum Gasteiger partial charge on any atom is -0.459 e. The Bertz CT molecular complexity index is 1060. The van der Waals surface area contributed by atoms with Gasteiger partial charge in [0.15, 0.2) is 0 Å². The second-order valence-corrected chi connectivity index (χ2v) is 8.88. The maximum Gasteiger partial charge on any atom is 0.407 e. The summed E-state index contributed by atoms with van der Waals surface area (Å²) in [5.41, 5.74) is 5.53. The number of hydrogen-bond acceptors (Lipinski definition) is 5. The Morgan fingerprint density at radius 1 is 0.879 bits per heavy atom. The molecule has 4 rings (SSSR count). The van der Waals surface area contributed by atoms with E-state index in [4.69, 9.17) is 9.47 Å². The number of rotatable bonds is 9. The number of carbonyl (C=O) groups is 2. The van der Waals surface area contributed by atoms with Crippen molar-refractivity contribution < 1.29 is 19.1 Å². The van der Waals surface area contributed by atoms with Crippen molar-refractivity contribution in [1.82, 2.24) is 5.32 Å². The van der Waals surface area contributed by atoms with E-state index in [0.717, 1.165) is 22.4 Å². The van der Waals surface area contributed by atoms with E-state index in [0.29, 0.717) is 6.42 Å². The normalized spacial score (nSPS) is 13.0. The van der Waals surface area contributed by atoms with Crippen LogP contribution >= 0.6 is 11.8 Å². The summed E-state index contributed by atoms with van der Waals surface area (Å²) in [7, 11) is 0. The lowest BCUT2D eigenvalue weighted by atomic mass is 9.98. The number of benzene rings is 3. The summed E-state index contributed by atoms with van der Waals surface area (Å²) in [4.78, 5) is 25.3. The molecule has 0 spiro atoms. The van der Waals surface area contributed by atoms with Crippen LogP contribution < -0.4 is 5.32 Å². The van der Waals surface area contributed by atoms with E-state index in [1.807, 2.05) is 60.9 Å². The summed E-state index contributed by atoms with van der Waals surface area (Å²) in [6.07, 6.45) is 1.82. The third-order valence-electron chi connectivity index (χ3n) is 5.75. The fourth-order valence-electron chi connectivity index (χ4n) is 4.10. The van der Waals surface area contributed by atoms with Gasteiger partial charge in [0.2, 0.25) is 0 Å². The molecular weight excluding hydrogens is 434 g/mol. The molecule has 1 atom stereocenters. The zero-order valence-electron chi connectivity index (χ0n) is 18.5. The Morgan fingerprint density at radius 3 is 2.12 bits per heavy atom. The van der Waals surface area contributed by atoms with E-state index in [9.17, 15) is 9.59 Å². The molecule has 0 aliphatic heterocycles. The zero-order chi connectivity index (χ0) is 23.0. The van der Waals surface area contributed by atoms with Gasteiger partial charge in [0.25, 0.3) is 0 Å². The van der Waals surface area contributed by atoms with Crippen molar-refractivity contribution in [3.8, 4) is 11.1 Å². The van der Waals surface area contributed by atoms with E-state index in [2.05, 4.69) is 29.6 Å². The molecule has 33 heavy (non-hydrogen) atoms. The molecule has 0 unspecified atom stereocenters. The summed E-state index contributed by atoms with van der Waals surface area (Å²) in [5, 5.41) is 2.71. The monoisotopic (exact) mass is 461 g/mol. The standard InChI is InChI=1S/C27H27NO4S/c1-33-16-15-25(26(29)31-17-19-9-3-2-4-10-19)28-27(30)32-18-24-22-13-7-5-11-20(22)21-12-6-8-14-23(21)24/h2-14,24-25H,15-18H2,1H3,(H,28,30)/t25-/m0/s1. The van der Waals surface area contributed by atoms with E-state index in [-0.39, 0.29) is 19.1 Å². The van der Waals surface area contributed by atoms with Gasteiger partial charge in [-0.25, -0.2) is 9.59 Å². The zero-order valence-corrected chi connectivity index (χ0v) is 19.3. The van der Waals surface area contributed by atoms with Crippen LogP contribution in [0.4, 0.5) is 4.79 Å². The molecule has 1 aliphatic carbocycles. The van der Waals surface area contributed by atoms with Gasteiger partial charge in [-0.15, -0.1) is 0 Å². The number of ether oxygens (including phenoxy) is 2.